The molecule has 0 saturated heterocycles. The Kier molecular flexibility index (Phi) is 7.89. The number of carboxylic acids is 1. The van der Waals surface area contributed by atoms with E-state index in [0.717, 1.165) is 0 Å². The first-order valence-electron chi connectivity index (χ1n) is 5.59. The predicted molar refractivity (Wildman–Crippen MR) is 59.7 cm³/mol. The second-order valence-corrected chi connectivity index (χ2v) is 3.82. The Bertz CT molecular complexity index is 297. The fourth-order valence-corrected chi connectivity index (χ4v) is 1.20. The minimum absolute atomic E-state index is 0.0429. The third-order valence-electron chi connectivity index (χ3n) is 2.11. The molecule has 0 spiro atoms. The number of hydrogen-bond acceptors (Lipinski definition) is 3. The third kappa shape index (κ3) is 10.1. The summed E-state index contributed by atoms with van der Waals surface area (Å²) in [6.45, 7) is -0.155. The first-order chi connectivity index (χ1) is 8.76. The van der Waals surface area contributed by atoms with Crippen molar-refractivity contribution in [3.63, 3.8) is 0 Å². The summed E-state index contributed by atoms with van der Waals surface area (Å²) < 4.78 is 40.0. The molecule has 1 unspecified atom stereocenters. The van der Waals surface area contributed by atoms with E-state index in [1.807, 2.05) is 0 Å². The minimum atomic E-state index is -4.20. The number of amides is 2. The topological polar surface area (TPSA) is 87.7 Å². The summed E-state index contributed by atoms with van der Waals surface area (Å²) in [5.74, 6) is -1.26. The molecule has 0 aliphatic heterocycles. The van der Waals surface area contributed by atoms with Crippen LogP contribution >= 0.6 is 0 Å². The molecule has 0 rings (SSSR count). The number of rotatable bonds is 8. The molecular weight excluding hydrogens is 269 g/mol. The van der Waals surface area contributed by atoms with Gasteiger partial charge in [-0.1, -0.05) is 0 Å². The molecule has 19 heavy (non-hydrogen) atoms. The van der Waals surface area contributed by atoms with Crippen molar-refractivity contribution >= 4 is 12.0 Å². The number of carboxylic acid groups (broad SMARTS) is 1. The summed E-state index contributed by atoms with van der Waals surface area (Å²) in [5, 5.41) is 13.1. The average Bonchev–Trinajstić information content (AvgIpc) is 2.26. The van der Waals surface area contributed by atoms with Crippen LogP contribution in [0.15, 0.2) is 0 Å². The molecule has 0 bridgehead atoms. The third-order valence-corrected chi connectivity index (χ3v) is 2.11. The van der Waals surface area contributed by atoms with Crippen molar-refractivity contribution < 1.29 is 32.6 Å². The number of hydrogen-bond donors (Lipinski definition) is 3. The van der Waals surface area contributed by atoms with Crippen LogP contribution in [0.5, 0.6) is 0 Å². The van der Waals surface area contributed by atoms with Crippen LogP contribution in [0.1, 0.15) is 19.3 Å². The monoisotopic (exact) mass is 286 g/mol. The number of ether oxygens (including phenoxy) is 1. The van der Waals surface area contributed by atoms with E-state index < -0.39 is 30.6 Å². The molecule has 0 aromatic carbocycles. The van der Waals surface area contributed by atoms with E-state index >= 15 is 0 Å². The van der Waals surface area contributed by atoms with Crippen LogP contribution in [0.25, 0.3) is 0 Å². The highest BCUT2D eigenvalue weighted by molar-refractivity contribution is 5.82. The first kappa shape index (κ1) is 17.5. The van der Waals surface area contributed by atoms with Crippen LogP contribution < -0.4 is 10.6 Å². The summed E-state index contributed by atoms with van der Waals surface area (Å²) in [5.41, 5.74) is 0. The molecule has 0 aromatic heterocycles. The number of halogens is 3. The molecule has 1 atom stereocenters. The van der Waals surface area contributed by atoms with Crippen LogP contribution in [0, 0.1) is 0 Å². The van der Waals surface area contributed by atoms with Crippen LogP contribution in [-0.2, 0) is 9.53 Å². The summed E-state index contributed by atoms with van der Waals surface area (Å²) in [6.07, 6.45) is -5.04. The van der Waals surface area contributed by atoms with Crippen LogP contribution in [0.4, 0.5) is 18.0 Å². The van der Waals surface area contributed by atoms with Crippen molar-refractivity contribution in [2.45, 2.75) is 31.5 Å². The van der Waals surface area contributed by atoms with Crippen molar-refractivity contribution in [2.24, 2.45) is 0 Å². The molecule has 0 heterocycles. The Morgan fingerprint density at radius 1 is 1.32 bits per heavy atom. The largest absolute Gasteiger partial charge is 0.480 e. The molecule has 0 radical (unpaired) electrons. The van der Waals surface area contributed by atoms with Gasteiger partial charge in [-0.05, 0) is 12.8 Å². The van der Waals surface area contributed by atoms with Crippen molar-refractivity contribution in [2.75, 3.05) is 20.3 Å². The van der Waals surface area contributed by atoms with Gasteiger partial charge in [0.1, 0.15) is 0 Å². The van der Waals surface area contributed by atoms with Crippen LogP contribution in [0.2, 0.25) is 0 Å². The predicted octanol–water partition coefficient (Wildman–Crippen LogP) is 1.12. The van der Waals surface area contributed by atoms with Gasteiger partial charge < -0.3 is 20.5 Å². The quantitative estimate of drug-likeness (QED) is 0.583. The summed E-state index contributed by atoms with van der Waals surface area (Å²) in [7, 11) is 1.28. The van der Waals surface area contributed by atoms with Crippen molar-refractivity contribution in [1.29, 1.82) is 0 Å². The van der Waals surface area contributed by atoms with Gasteiger partial charge in [0.2, 0.25) is 0 Å². The zero-order valence-corrected chi connectivity index (χ0v) is 10.4. The molecular formula is C10H17F3N2O4. The molecule has 3 N–H and O–H groups in total. The van der Waals surface area contributed by atoms with Gasteiger partial charge >= 0.3 is 18.2 Å². The van der Waals surface area contributed by atoms with E-state index in [4.69, 9.17) is 5.11 Å². The highest BCUT2D eigenvalue weighted by Crippen LogP contribution is 2.21. The summed E-state index contributed by atoms with van der Waals surface area (Å²) >= 11 is 0. The Morgan fingerprint density at radius 2 is 1.95 bits per heavy atom. The van der Waals surface area contributed by atoms with Gasteiger partial charge in [0, 0.05) is 20.1 Å². The number of alkyl halides is 3. The number of carbonyl (C=O) groups is 2. The molecule has 0 aliphatic carbocycles. The molecule has 2 amide bonds. The van der Waals surface area contributed by atoms with Gasteiger partial charge in [-0.2, -0.15) is 13.2 Å². The van der Waals surface area contributed by atoms with E-state index in [2.05, 4.69) is 15.4 Å². The Labute approximate surface area is 108 Å². The normalized spacial score (nSPS) is 12.8. The van der Waals surface area contributed by atoms with Crippen molar-refractivity contribution in [1.82, 2.24) is 10.6 Å². The highest BCUT2D eigenvalue weighted by atomic mass is 19.4. The van der Waals surface area contributed by atoms with Gasteiger partial charge in [0.05, 0.1) is 6.61 Å². The van der Waals surface area contributed by atoms with Crippen molar-refractivity contribution in [3.8, 4) is 0 Å². The number of urea groups is 1. The number of unbranched alkanes of at least 4 members (excludes halogenated alkanes) is 1. The zero-order chi connectivity index (χ0) is 14.9. The van der Waals surface area contributed by atoms with Gasteiger partial charge in [-0.15, -0.1) is 0 Å². The lowest BCUT2D eigenvalue weighted by Gasteiger charge is -2.14. The average molecular weight is 286 g/mol. The van der Waals surface area contributed by atoms with Gasteiger partial charge in [-0.25, -0.2) is 9.59 Å². The van der Waals surface area contributed by atoms with E-state index in [9.17, 15) is 22.8 Å². The summed E-state index contributed by atoms with van der Waals surface area (Å²) in [6, 6.07) is -1.95. The first-order valence-corrected chi connectivity index (χ1v) is 5.59. The standard InChI is InChI=1S/C10H17F3N2O4/c1-19-6-7(8(16)17)15-9(18)14-5-3-2-4-10(11,12)13/h7H,2-6H2,1H3,(H,16,17)(H2,14,15,18). The fourth-order valence-electron chi connectivity index (χ4n) is 1.20. The van der Waals surface area contributed by atoms with Gasteiger partial charge in [-0.3, -0.25) is 0 Å². The molecule has 0 aromatic rings. The number of carbonyl (C=O) groups excluding carboxylic acids is 1. The number of nitrogens with one attached hydrogen (secondary N) is 2. The number of aliphatic carboxylic acids is 1. The van der Waals surface area contributed by atoms with Gasteiger partial charge in [0.25, 0.3) is 0 Å². The highest BCUT2D eigenvalue weighted by Gasteiger charge is 2.25. The van der Waals surface area contributed by atoms with Crippen LogP contribution in [-0.4, -0.2) is 49.6 Å². The maximum atomic E-state index is 11.8. The van der Waals surface area contributed by atoms with Crippen LogP contribution in [0.3, 0.4) is 0 Å². The van der Waals surface area contributed by atoms with E-state index in [-0.39, 0.29) is 26.0 Å². The van der Waals surface area contributed by atoms with E-state index in [1.165, 1.54) is 7.11 Å². The molecule has 0 aliphatic rings. The Morgan fingerprint density at radius 3 is 2.42 bits per heavy atom. The second kappa shape index (κ2) is 8.57. The van der Waals surface area contributed by atoms with Gasteiger partial charge in [0.15, 0.2) is 6.04 Å². The lowest BCUT2D eigenvalue weighted by Crippen LogP contribution is -2.48. The lowest BCUT2D eigenvalue weighted by atomic mass is 10.2. The Hall–Kier alpha value is -1.51. The minimum Gasteiger partial charge on any atom is -0.480 e. The smallest absolute Gasteiger partial charge is 0.389 e. The van der Waals surface area contributed by atoms with E-state index in [1.54, 1.807) is 0 Å². The molecule has 112 valence electrons. The van der Waals surface area contributed by atoms with Crippen molar-refractivity contribution in [3.05, 3.63) is 0 Å². The molecule has 0 saturated carbocycles. The molecule has 9 heteroatoms. The summed E-state index contributed by atoms with van der Waals surface area (Å²) in [4.78, 5) is 21.9. The van der Waals surface area contributed by atoms with E-state index in [0.29, 0.717) is 0 Å². The number of methoxy groups -OCH3 is 1. The maximum Gasteiger partial charge on any atom is 0.389 e. The molecule has 6 nitrogen and oxygen atoms in total. The maximum absolute atomic E-state index is 11.8. The second-order valence-electron chi connectivity index (χ2n) is 3.82. The molecule has 0 fully saturated rings. The Balaban J connectivity index is 3.77. The SMILES string of the molecule is COCC(NC(=O)NCCCCC(F)(F)F)C(=O)O. The zero-order valence-electron chi connectivity index (χ0n) is 10.4. The lowest BCUT2D eigenvalue weighted by molar-refractivity contribution is -0.140. The fraction of sp³-hybridized carbons (Fsp3) is 0.800.